The minimum absolute atomic E-state index is 0.0134. The number of carbonyl (C=O) groups is 3. The van der Waals surface area contributed by atoms with Gasteiger partial charge in [0, 0.05) is 19.4 Å². The predicted molar refractivity (Wildman–Crippen MR) is 188 cm³/mol. The smallest absolute Gasteiger partial charge is 0.303 e. The summed E-state index contributed by atoms with van der Waals surface area (Å²) in [4.78, 5) is 51.2. The van der Waals surface area contributed by atoms with E-state index in [1.165, 1.54) is 26.5 Å². The van der Waals surface area contributed by atoms with Gasteiger partial charge in [0.25, 0.3) is 14.2 Å². The molecule has 3 heterocycles. The van der Waals surface area contributed by atoms with Crippen molar-refractivity contribution in [3.05, 3.63) is 109 Å². The van der Waals surface area contributed by atoms with Gasteiger partial charge in [-0.1, -0.05) is 99.6 Å². The molecular weight excluding hydrogens is 655 g/mol. The lowest BCUT2D eigenvalue weighted by Gasteiger charge is -2.43. The molecule has 2 aromatic heterocycles. The van der Waals surface area contributed by atoms with Crippen LogP contribution in [0.2, 0.25) is 5.04 Å². The maximum Gasteiger partial charge on any atom is 0.303 e. The van der Waals surface area contributed by atoms with Crippen LogP contribution in [0.4, 0.5) is 5.82 Å². The molecule has 3 aromatic carbocycles. The van der Waals surface area contributed by atoms with Crippen LogP contribution in [-0.4, -0.2) is 70.6 Å². The molecule has 1 fully saturated rings. The van der Waals surface area contributed by atoms with E-state index in [2.05, 4.69) is 65.3 Å². The number of carbonyl (C=O) groups excluding carboxylic acids is 3. The van der Waals surface area contributed by atoms with Crippen LogP contribution < -0.4 is 15.7 Å². The lowest BCUT2D eigenvalue weighted by Crippen LogP contribution is -2.67. The summed E-state index contributed by atoms with van der Waals surface area (Å²) in [5.74, 6) is -1.35. The lowest BCUT2D eigenvalue weighted by molar-refractivity contribution is -0.165. The number of amides is 1. The van der Waals surface area contributed by atoms with E-state index in [4.69, 9.17) is 18.6 Å². The Kier molecular flexibility index (Phi) is 9.91. The Hall–Kier alpha value is -5.24. The van der Waals surface area contributed by atoms with Crippen molar-refractivity contribution in [1.29, 1.82) is 0 Å². The van der Waals surface area contributed by atoms with Crippen LogP contribution in [-0.2, 0) is 28.2 Å². The fourth-order valence-corrected chi connectivity index (χ4v) is 11.2. The highest BCUT2D eigenvalue weighted by Crippen LogP contribution is 2.40. The molecule has 0 unspecified atom stereocenters. The first-order valence-corrected chi connectivity index (χ1v) is 18.2. The second kappa shape index (κ2) is 14.3. The number of rotatable bonds is 10. The summed E-state index contributed by atoms with van der Waals surface area (Å²) in [6.07, 6.45) is -1.23. The van der Waals surface area contributed by atoms with E-state index in [-0.39, 0.29) is 28.9 Å². The van der Waals surface area contributed by atoms with Crippen molar-refractivity contribution in [3.63, 3.8) is 0 Å². The summed E-state index contributed by atoms with van der Waals surface area (Å²) < 4.78 is 27.0. The zero-order valence-corrected chi connectivity index (χ0v) is 29.5. The number of nitrogens with one attached hydrogen (secondary N) is 1. The standard InChI is InChI=1S/C37H39N5O7Si/c1-24(43)47-31-29(21-46-50(37(3,4)5,27-17-11-7-12-18-27)28-19-13-8-14-20-28)49-36(32(31)48-25(2)44)42-23-40-30-33(38-22-39-34(30)42)41-35(45)26-15-9-6-10-16-26/h6-20,22-23,29,31-32,36H,21H2,1-5H3,(H,38,39,41,45)/t29-,31-,32-,36-/m1/s1. The van der Waals surface area contributed by atoms with Gasteiger partial charge in [-0.2, -0.15) is 0 Å². The first-order valence-electron chi connectivity index (χ1n) is 16.3. The van der Waals surface area contributed by atoms with Crippen LogP contribution in [0.1, 0.15) is 51.2 Å². The van der Waals surface area contributed by atoms with Gasteiger partial charge in [-0.15, -0.1) is 0 Å². The number of benzene rings is 3. The average molecular weight is 694 g/mol. The second-order valence-electron chi connectivity index (χ2n) is 13.1. The zero-order chi connectivity index (χ0) is 35.5. The van der Waals surface area contributed by atoms with Crippen molar-refractivity contribution in [1.82, 2.24) is 19.5 Å². The number of nitrogens with zero attached hydrogens (tertiary/aromatic N) is 4. The average Bonchev–Trinajstić information content (AvgIpc) is 3.67. The fraction of sp³-hybridized carbons (Fsp3) is 0.297. The molecule has 5 aromatic rings. The summed E-state index contributed by atoms with van der Waals surface area (Å²) >= 11 is 0. The Balaban J connectivity index is 1.38. The largest absolute Gasteiger partial charge is 0.456 e. The Morgan fingerprint density at radius 3 is 1.92 bits per heavy atom. The summed E-state index contributed by atoms with van der Waals surface area (Å²) in [5, 5.41) is 4.59. The van der Waals surface area contributed by atoms with Crippen LogP contribution in [0.15, 0.2) is 104 Å². The number of fused-ring (bicyclic) bond motifs is 1. The fourth-order valence-electron chi connectivity index (χ4n) is 6.58. The van der Waals surface area contributed by atoms with E-state index in [0.717, 1.165) is 10.4 Å². The molecule has 1 saturated heterocycles. The third-order valence-electron chi connectivity index (χ3n) is 8.67. The second-order valence-corrected chi connectivity index (χ2v) is 17.4. The summed E-state index contributed by atoms with van der Waals surface area (Å²) in [6, 6.07) is 29.0. The van der Waals surface area contributed by atoms with Crippen molar-refractivity contribution >= 4 is 53.5 Å². The third kappa shape index (κ3) is 6.79. The number of hydrogen-bond donors (Lipinski definition) is 1. The molecule has 0 bridgehead atoms. The lowest BCUT2D eigenvalue weighted by atomic mass is 10.1. The van der Waals surface area contributed by atoms with Crippen LogP contribution >= 0.6 is 0 Å². The minimum atomic E-state index is -3.03. The van der Waals surface area contributed by atoms with Gasteiger partial charge in [0.2, 0.25) is 0 Å². The molecule has 50 heavy (non-hydrogen) atoms. The van der Waals surface area contributed by atoms with Crippen molar-refractivity contribution in [2.75, 3.05) is 11.9 Å². The Bertz CT molecular complexity index is 1930. The predicted octanol–water partition coefficient (Wildman–Crippen LogP) is 4.42. The molecule has 0 radical (unpaired) electrons. The van der Waals surface area contributed by atoms with Crippen molar-refractivity contribution in [2.24, 2.45) is 0 Å². The summed E-state index contributed by atoms with van der Waals surface area (Å²) in [6.45, 7) is 9.06. The summed E-state index contributed by atoms with van der Waals surface area (Å²) in [7, 11) is -3.03. The molecule has 12 nitrogen and oxygen atoms in total. The Morgan fingerprint density at radius 2 is 1.36 bits per heavy atom. The van der Waals surface area contributed by atoms with E-state index < -0.39 is 44.8 Å². The highest BCUT2D eigenvalue weighted by atomic mass is 28.4. The molecule has 13 heteroatoms. The van der Waals surface area contributed by atoms with E-state index in [0.29, 0.717) is 11.2 Å². The van der Waals surface area contributed by atoms with E-state index >= 15 is 0 Å². The van der Waals surface area contributed by atoms with Gasteiger partial charge in [-0.25, -0.2) is 15.0 Å². The van der Waals surface area contributed by atoms with Crippen molar-refractivity contribution in [2.45, 2.75) is 64.2 Å². The quantitative estimate of drug-likeness (QED) is 0.165. The van der Waals surface area contributed by atoms with E-state index in [9.17, 15) is 14.4 Å². The molecule has 1 aliphatic heterocycles. The number of esters is 2. The molecular formula is C37H39N5O7Si. The molecule has 0 aliphatic carbocycles. The number of imidazole rings is 1. The molecule has 6 rings (SSSR count). The van der Waals surface area contributed by atoms with Gasteiger partial charge in [0.1, 0.15) is 12.4 Å². The highest BCUT2D eigenvalue weighted by molar-refractivity contribution is 6.99. The van der Waals surface area contributed by atoms with Gasteiger partial charge in [0.15, 0.2) is 35.4 Å². The normalized spacial score (nSPS) is 19.2. The molecule has 0 spiro atoms. The Morgan fingerprint density at radius 1 is 0.800 bits per heavy atom. The first-order chi connectivity index (χ1) is 24.0. The third-order valence-corrected chi connectivity index (χ3v) is 13.7. The number of anilines is 1. The number of aromatic nitrogens is 4. The van der Waals surface area contributed by atoms with Gasteiger partial charge in [-0.3, -0.25) is 19.0 Å². The molecule has 258 valence electrons. The zero-order valence-electron chi connectivity index (χ0n) is 28.5. The summed E-state index contributed by atoms with van der Waals surface area (Å²) in [5.41, 5.74) is 1.04. The first kappa shape index (κ1) is 34.6. The topological polar surface area (TPSA) is 144 Å². The molecule has 4 atom stereocenters. The number of hydrogen-bond acceptors (Lipinski definition) is 10. The number of ether oxygens (including phenoxy) is 3. The van der Waals surface area contributed by atoms with E-state index in [1.807, 2.05) is 42.5 Å². The van der Waals surface area contributed by atoms with Crippen molar-refractivity contribution < 1.29 is 33.0 Å². The van der Waals surface area contributed by atoms with Gasteiger partial charge in [-0.05, 0) is 27.5 Å². The van der Waals surface area contributed by atoms with Crippen LogP contribution in [0.25, 0.3) is 11.2 Å². The van der Waals surface area contributed by atoms with Crippen molar-refractivity contribution in [3.8, 4) is 0 Å². The van der Waals surface area contributed by atoms with E-state index in [1.54, 1.807) is 28.8 Å². The molecule has 1 N–H and O–H groups in total. The minimum Gasteiger partial charge on any atom is -0.456 e. The monoisotopic (exact) mass is 693 g/mol. The van der Waals surface area contributed by atoms with Gasteiger partial charge >= 0.3 is 11.9 Å². The van der Waals surface area contributed by atoms with Crippen LogP contribution in [0.3, 0.4) is 0 Å². The maximum absolute atomic E-state index is 13.0. The molecule has 0 saturated carbocycles. The Labute approximate surface area is 290 Å². The highest BCUT2D eigenvalue weighted by Gasteiger charge is 2.54. The van der Waals surface area contributed by atoms with Gasteiger partial charge < -0.3 is 24.0 Å². The van der Waals surface area contributed by atoms with Crippen LogP contribution in [0, 0.1) is 0 Å². The molecule has 1 aliphatic rings. The maximum atomic E-state index is 13.0. The molecule has 1 amide bonds. The van der Waals surface area contributed by atoms with Gasteiger partial charge in [0.05, 0.1) is 12.9 Å². The SMILES string of the molecule is CC(=O)O[C@@H]1[C@H](OC(C)=O)[C@@H](CO[Si](c2ccccc2)(c2ccccc2)C(C)(C)C)O[C@H]1n1cnc2c(NC(=O)c3ccccc3)ncnc21. The van der Waals surface area contributed by atoms with Crippen LogP contribution in [0.5, 0.6) is 0 Å².